The van der Waals surface area contributed by atoms with E-state index in [1.165, 1.54) is 0 Å². The number of aromatic nitrogens is 3. The standard InChI is InChI=1S/C25H25N5O3/c31-23(26-16-21-11-7-15-33-21)19-8-6-14-29(18-19)25(32)22-17-27-30(20-9-2-1-3-10-20)24(22)28-12-4-5-13-28/h1-5,7,9-13,15,17,19H,6,8,14,16,18H2,(H,26,31)/t19-/m0/s1. The van der Waals surface area contributed by atoms with E-state index in [1.807, 2.05) is 65.5 Å². The Labute approximate surface area is 191 Å². The lowest BCUT2D eigenvalue weighted by molar-refractivity contribution is -0.126. The topological polar surface area (TPSA) is 85.3 Å². The smallest absolute Gasteiger partial charge is 0.259 e. The molecule has 3 aromatic heterocycles. The minimum atomic E-state index is -0.253. The number of hydrogen-bond donors (Lipinski definition) is 1. The lowest BCUT2D eigenvalue weighted by Gasteiger charge is -2.32. The summed E-state index contributed by atoms with van der Waals surface area (Å²) in [5, 5.41) is 7.45. The molecule has 1 aliphatic heterocycles. The molecule has 1 saturated heterocycles. The average Bonchev–Trinajstić information content (AvgIpc) is 3.64. The molecule has 0 radical (unpaired) electrons. The maximum Gasteiger partial charge on any atom is 0.259 e. The number of benzene rings is 1. The molecule has 168 valence electrons. The van der Waals surface area contributed by atoms with Gasteiger partial charge in [0.1, 0.15) is 11.3 Å². The molecule has 33 heavy (non-hydrogen) atoms. The number of furan rings is 1. The zero-order valence-electron chi connectivity index (χ0n) is 18.1. The van der Waals surface area contributed by atoms with Gasteiger partial charge in [-0.15, -0.1) is 0 Å². The van der Waals surface area contributed by atoms with E-state index in [9.17, 15) is 9.59 Å². The molecule has 8 nitrogen and oxygen atoms in total. The third-order valence-corrected chi connectivity index (χ3v) is 5.92. The Balaban J connectivity index is 1.37. The minimum Gasteiger partial charge on any atom is -0.467 e. The van der Waals surface area contributed by atoms with E-state index in [4.69, 9.17) is 4.42 Å². The van der Waals surface area contributed by atoms with Crippen molar-refractivity contribution in [3.8, 4) is 11.5 Å². The van der Waals surface area contributed by atoms with Gasteiger partial charge in [0.2, 0.25) is 5.91 Å². The zero-order chi connectivity index (χ0) is 22.6. The van der Waals surface area contributed by atoms with Crippen LogP contribution in [0.4, 0.5) is 0 Å². The van der Waals surface area contributed by atoms with E-state index in [-0.39, 0.29) is 17.7 Å². The van der Waals surface area contributed by atoms with Crippen LogP contribution >= 0.6 is 0 Å². The summed E-state index contributed by atoms with van der Waals surface area (Å²) in [6.45, 7) is 1.34. The van der Waals surface area contributed by atoms with Gasteiger partial charge >= 0.3 is 0 Å². The van der Waals surface area contributed by atoms with Crippen molar-refractivity contribution in [2.24, 2.45) is 5.92 Å². The largest absolute Gasteiger partial charge is 0.467 e. The van der Waals surface area contributed by atoms with Crippen molar-refractivity contribution in [3.63, 3.8) is 0 Å². The summed E-state index contributed by atoms with van der Waals surface area (Å²) in [6, 6.07) is 17.2. The van der Waals surface area contributed by atoms with E-state index in [0.717, 1.165) is 18.5 Å². The Hall–Kier alpha value is -4.07. The van der Waals surface area contributed by atoms with Crippen LogP contribution in [0.3, 0.4) is 0 Å². The van der Waals surface area contributed by atoms with Gasteiger partial charge in [0.25, 0.3) is 5.91 Å². The highest BCUT2D eigenvalue weighted by molar-refractivity contribution is 5.97. The fourth-order valence-corrected chi connectivity index (χ4v) is 4.25. The number of piperidine rings is 1. The van der Waals surface area contributed by atoms with Gasteiger partial charge in [-0.05, 0) is 49.2 Å². The van der Waals surface area contributed by atoms with Crippen molar-refractivity contribution in [3.05, 3.63) is 90.8 Å². The molecule has 1 aliphatic rings. The van der Waals surface area contributed by atoms with E-state index in [0.29, 0.717) is 36.8 Å². The third-order valence-electron chi connectivity index (χ3n) is 5.92. The van der Waals surface area contributed by atoms with Crippen LogP contribution in [0.25, 0.3) is 11.5 Å². The maximum atomic E-state index is 13.6. The Morgan fingerprint density at radius 3 is 2.64 bits per heavy atom. The molecule has 1 atom stereocenters. The van der Waals surface area contributed by atoms with Crippen LogP contribution in [0.2, 0.25) is 0 Å². The SMILES string of the molecule is O=C(NCc1ccco1)[C@H]1CCCN(C(=O)c2cnn(-c3ccccc3)c2-n2cccc2)C1. The molecule has 8 heteroatoms. The number of nitrogens with zero attached hydrogens (tertiary/aromatic N) is 4. The van der Waals surface area contributed by atoms with Gasteiger partial charge in [0, 0.05) is 25.5 Å². The Morgan fingerprint density at radius 2 is 1.88 bits per heavy atom. The number of hydrogen-bond acceptors (Lipinski definition) is 4. The van der Waals surface area contributed by atoms with Crippen LogP contribution in [0.1, 0.15) is 29.0 Å². The summed E-state index contributed by atoms with van der Waals surface area (Å²) >= 11 is 0. The second kappa shape index (κ2) is 9.20. The first-order valence-electron chi connectivity index (χ1n) is 11.1. The summed E-state index contributed by atoms with van der Waals surface area (Å²) in [6.07, 6.45) is 8.52. The summed E-state index contributed by atoms with van der Waals surface area (Å²) in [5.41, 5.74) is 1.38. The van der Waals surface area contributed by atoms with Crippen LogP contribution in [-0.2, 0) is 11.3 Å². The zero-order valence-corrected chi connectivity index (χ0v) is 18.1. The number of rotatable bonds is 6. The van der Waals surface area contributed by atoms with Crippen molar-refractivity contribution in [2.75, 3.05) is 13.1 Å². The predicted molar refractivity (Wildman–Crippen MR) is 122 cm³/mol. The summed E-state index contributed by atoms with van der Waals surface area (Å²) in [4.78, 5) is 28.1. The highest BCUT2D eigenvalue weighted by Gasteiger charge is 2.31. The number of carbonyl (C=O) groups excluding carboxylic acids is 2. The lowest BCUT2D eigenvalue weighted by atomic mass is 9.96. The fraction of sp³-hybridized carbons (Fsp3) is 0.240. The van der Waals surface area contributed by atoms with Crippen molar-refractivity contribution in [1.82, 2.24) is 24.6 Å². The van der Waals surface area contributed by atoms with Crippen LogP contribution in [0.15, 0.2) is 83.9 Å². The average molecular weight is 444 g/mol. The Kier molecular flexibility index (Phi) is 5.80. The van der Waals surface area contributed by atoms with Gasteiger partial charge in [0.15, 0.2) is 5.82 Å². The lowest BCUT2D eigenvalue weighted by Crippen LogP contribution is -2.45. The van der Waals surface area contributed by atoms with Crippen LogP contribution in [0, 0.1) is 5.92 Å². The van der Waals surface area contributed by atoms with E-state index >= 15 is 0 Å². The van der Waals surface area contributed by atoms with Gasteiger partial charge in [-0.1, -0.05) is 18.2 Å². The molecule has 0 saturated carbocycles. The molecular weight excluding hydrogens is 418 g/mol. The number of carbonyl (C=O) groups is 2. The molecule has 0 unspecified atom stereocenters. The summed E-state index contributed by atoms with van der Waals surface area (Å²) in [5.74, 6) is 0.952. The first kappa shape index (κ1) is 20.8. The third kappa shape index (κ3) is 4.32. The molecular formula is C25H25N5O3. The quantitative estimate of drug-likeness (QED) is 0.495. The minimum absolute atomic E-state index is 0.0606. The monoisotopic (exact) mass is 443 g/mol. The van der Waals surface area contributed by atoms with Gasteiger partial charge in [-0.3, -0.25) is 9.59 Å². The molecule has 1 N–H and O–H groups in total. The molecule has 1 aromatic carbocycles. The normalized spacial score (nSPS) is 16.0. The molecule has 4 aromatic rings. The van der Waals surface area contributed by atoms with Gasteiger partial charge in [0.05, 0.1) is 30.6 Å². The summed E-state index contributed by atoms with van der Waals surface area (Å²) in [7, 11) is 0. The number of amides is 2. The second-order valence-corrected chi connectivity index (χ2v) is 8.11. The Bertz CT molecular complexity index is 1210. The van der Waals surface area contributed by atoms with Crippen molar-refractivity contribution < 1.29 is 14.0 Å². The molecule has 2 amide bonds. The maximum absolute atomic E-state index is 13.6. The number of para-hydroxylation sites is 1. The summed E-state index contributed by atoms with van der Waals surface area (Å²) < 4.78 is 8.95. The van der Waals surface area contributed by atoms with Crippen molar-refractivity contribution in [1.29, 1.82) is 0 Å². The molecule has 0 aliphatic carbocycles. The highest BCUT2D eigenvalue weighted by Crippen LogP contribution is 2.24. The van der Waals surface area contributed by atoms with Gasteiger partial charge < -0.3 is 19.2 Å². The first-order chi connectivity index (χ1) is 16.2. The van der Waals surface area contributed by atoms with Crippen LogP contribution in [-0.4, -0.2) is 44.2 Å². The predicted octanol–water partition coefficient (Wildman–Crippen LogP) is 3.42. The molecule has 1 fully saturated rings. The first-order valence-corrected chi connectivity index (χ1v) is 11.1. The van der Waals surface area contributed by atoms with E-state index in [1.54, 1.807) is 28.1 Å². The van der Waals surface area contributed by atoms with Gasteiger partial charge in [-0.25, -0.2) is 4.68 Å². The van der Waals surface area contributed by atoms with Crippen molar-refractivity contribution >= 4 is 11.8 Å². The van der Waals surface area contributed by atoms with Gasteiger partial charge in [-0.2, -0.15) is 5.10 Å². The molecule has 0 bridgehead atoms. The Morgan fingerprint density at radius 1 is 1.06 bits per heavy atom. The highest BCUT2D eigenvalue weighted by atomic mass is 16.3. The molecule has 0 spiro atoms. The number of nitrogens with one attached hydrogen (secondary N) is 1. The van der Waals surface area contributed by atoms with Crippen LogP contribution in [0.5, 0.6) is 0 Å². The van der Waals surface area contributed by atoms with E-state index in [2.05, 4.69) is 10.4 Å². The van der Waals surface area contributed by atoms with Crippen molar-refractivity contribution in [2.45, 2.75) is 19.4 Å². The molecule has 4 heterocycles. The fourth-order valence-electron chi connectivity index (χ4n) is 4.25. The van der Waals surface area contributed by atoms with E-state index < -0.39 is 0 Å². The molecule has 5 rings (SSSR count). The number of likely N-dealkylation sites (tertiary alicyclic amines) is 1. The second-order valence-electron chi connectivity index (χ2n) is 8.11. The van der Waals surface area contributed by atoms with Crippen LogP contribution < -0.4 is 5.32 Å².